The molecule has 1 unspecified atom stereocenters. The molecule has 0 bridgehead atoms. The number of amides is 3. The maximum Gasteiger partial charge on any atom is 0.291 e. The van der Waals surface area contributed by atoms with E-state index in [0.717, 1.165) is 5.39 Å². The number of nitrogens with zero attached hydrogens (tertiary/aromatic N) is 1. The van der Waals surface area contributed by atoms with Gasteiger partial charge in [0.1, 0.15) is 5.92 Å². The number of furan rings is 1. The molecule has 0 aliphatic heterocycles. The summed E-state index contributed by atoms with van der Waals surface area (Å²) in [6.07, 6.45) is 1.37. The van der Waals surface area contributed by atoms with Crippen LogP contribution in [0, 0.1) is 5.92 Å². The Morgan fingerprint density at radius 1 is 0.872 bits per heavy atom. The van der Waals surface area contributed by atoms with Gasteiger partial charge in [0.2, 0.25) is 11.8 Å². The molecule has 1 aromatic heterocycles. The van der Waals surface area contributed by atoms with E-state index < -0.39 is 33.7 Å². The number of rotatable bonds is 10. The summed E-state index contributed by atoms with van der Waals surface area (Å²) in [7, 11) is -4.23. The predicted molar refractivity (Wildman–Crippen MR) is 148 cm³/mol. The third kappa shape index (κ3) is 6.53. The molecule has 9 nitrogen and oxygen atoms in total. The highest BCUT2D eigenvalue weighted by molar-refractivity contribution is 7.90. The van der Waals surface area contributed by atoms with Crippen LogP contribution >= 0.6 is 0 Å². The zero-order chi connectivity index (χ0) is 28.0. The highest BCUT2D eigenvalue weighted by atomic mass is 32.2. The Balaban J connectivity index is 1.54. The number of carbonyl (C=O) groups is 3. The molecule has 0 saturated heterocycles. The monoisotopic (exact) mass is 547 g/mol. The van der Waals surface area contributed by atoms with Crippen molar-refractivity contribution in [3.63, 3.8) is 0 Å². The van der Waals surface area contributed by atoms with Crippen LogP contribution in [-0.4, -0.2) is 44.1 Å². The molecule has 0 saturated carbocycles. The van der Waals surface area contributed by atoms with Crippen LogP contribution in [0.25, 0.3) is 10.8 Å². The SMILES string of the molecule is CCN(CC)C(=O)C(Cc1ccc(NC(=O)c2ccco2)cc1)C(=O)NS(=O)(=O)c1ccc2ccccc2c1. The van der Waals surface area contributed by atoms with E-state index in [1.165, 1.54) is 29.4 Å². The Labute approximate surface area is 226 Å². The Hall–Kier alpha value is -4.44. The molecule has 0 spiro atoms. The molecular weight excluding hydrogens is 518 g/mol. The first-order chi connectivity index (χ1) is 18.7. The third-order valence-corrected chi connectivity index (χ3v) is 7.70. The van der Waals surface area contributed by atoms with E-state index in [0.29, 0.717) is 29.7 Å². The fourth-order valence-electron chi connectivity index (χ4n) is 4.21. The second-order valence-corrected chi connectivity index (χ2v) is 10.6. The van der Waals surface area contributed by atoms with E-state index in [4.69, 9.17) is 4.42 Å². The Morgan fingerprint density at radius 3 is 2.21 bits per heavy atom. The zero-order valence-corrected chi connectivity index (χ0v) is 22.4. The highest BCUT2D eigenvalue weighted by Crippen LogP contribution is 2.21. The van der Waals surface area contributed by atoms with Gasteiger partial charge in [0.05, 0.1) is 11.2 Å². The van der Waals surface area contributed by atoms with Crippen molar-refractivity contribution in [1.29, 1.82) is 0 Å². The quantitative estimate of drug-likeness (QED) is 0.287. The summed E-state index contributed by atoms with van der Waals surface area (Å²) in [5.41, 5.74) is 1.12. The molecule has 1 atom stereocenters. The molecule has 3 aromatic carbocycles. The number of hydrogen-bond acceptors (Lipinski definition) is 6. The first-order valence-electron chi connectivity index (χ1n) is 12.5. The second kappa shape index (κ2) is 12.0. The highest BCUT2D eigenvalue weighted by Gasteiger charge is 2.33. The minimum atomic E-state index is -4.23. The molecule has 0 fully saturated rings. The lowest BCUT2D eigenvalue weighted by Crippen LogP contribution is -2.46. The van der Waals surface area contributed by atoms with Gasteiger partial charge in [-0.3, -0.25) is 14.4 Å². The predicted octanol–water partition coefficient (Wildman–Crippen LogP) is 4.22. The number of anilines is 1. The van der Waals surface area contributed by atoms with Crippen molar-refractivity contribution < 1.29 is 27.2 Å². The van der Waals surface area contributed by atoms with Crippen LogP contribution in [0.5, 0.6) is 0 Å². The van der Waals surface area contributed by atoms with Gasteiger partial charge in [-0.15, -0.1) is 0 Å². The average molecular weight is 548 g/mol. The normalized spacial score (nSPS) is 12.1. The molecule has 4 rings (SSSR count). The number of fused-ring (bicyclic) bond motifs is 1. The third-order valence-electron chi connectivity index (χ3n) is 6.35. The topological polar surface area (TPSA) is 126 Å². The molecule has 0 aliphatic carbocycles. The fourth-order valence-corrected chi connectivity index (χ4v) is 5.26. The van der Waals surface area contributed by atoms with E-state index in [9.17, 15) is 22.8 Å². The van der Waals surface area contributed by atoms with Crippen molar-refractivity contribution in [1.82, 2.24) is 9.62 Å². The van der Waals surface area contributed by atoms with Crippen molar-refractivity contribution in [2.75, 3.05) is 18.4 Å². The Morgan fingerprint density at radius 2 is 1.56 bits per heavy atom. The van der Waals surface area contributed by atoms with E-state index in [1.807, 2.05) is 12.1 Å². The maximum atomic E-state index is 13.3. The van der Waals surface area contributed by atoms with Crippen molar-refractivity contribution in [2.45, 2.75) is 25.2 Å². The number of nitrogens with one attached hydrogen (secondary N) is 2. The van der Waals surface area contributed by atoms with Crippen LogP contribution in [0.2, 0.25) is 0 Å². The summed E-state index contributed by atoms with van der Waals surface area (Å²) in [4.78, 5) is 40.2. The summed E-state index contributed by atoms with van der Waals surface area (Å²) in [5.74, 6) is -2.91. The molecule has 202 valence electrons. The minimum Gasteiger partial charge on any atom is -0.459 e. The maximum absolute atomic E-state index is 13.3. The van der Waals surface area contributed by atoms with Gasteiger partial charge in [0.25, 0.3) is 15.9 Å². The summed E-state index contributed by atoms with van der Waals surface area (Å²) < 4.78 is 33.4. The van der Waals surface area contributed by atoms with Crippen LogP contribution in [0.3, 0.4) is 0 Å². The van der Waals surface area contributed by atoms with Gasteiger partial charge < -0.3 is 14.6 Å². The van der Waals surface area contributed by atoms with Crippen molar-refractivity contribution in [3.8, 4) is 0 Å². The van der Waals surface area contributed by atoms with Crippen LogP contribution < -0.4 is 10.0 Å². The molecule has 0 aliphatic rings. The fraction of sp³-hybridized carbons (Fsp3) is 0.207. The van der Waals surface area contributed by atoms with E-state index in [1.54, 1.807) is 62.4 Å². The molecule has 1 heterocycles. The molecular formula is C29H29N3O6S. The lowest BCUT2D eigenvalue weighted by Gasteiger charge is -2.24. The lowest BCUT2D eigenvalue weighted by molar-refractivity contribution is -0.141. The van der Waals surface area contributed by atoms with Gasteiger partial charge >= 0.3 is 0 Å². The molecule has 4 aromatic rings. The van der Waals surface area contributed by atoms with Gasteiger partial charge in [-0.1, -0.05) is 42.5 Å². The standard InChI is InChI=1S/C29H29N3O6S/c1-3-32(4-2)29(35)25(18-20-11-14-23(15-12-20)30-28(34)26-10-7-17-38-26)27(33)31-39(36,37)24-16-13-21-8-5-6-9-22(21)19-24/h5-17,19,25H,3-4,18H2,1-2H3,(H,30,34)(H,31,33). The van der Waals surface area contributed by atoms with Gasteiger partial charge in [-0.2, -0.15) is 0 Å². The van der Waals surface area contributed by atoms with E-state index in [-0.39, 0.29) is 17.1 Å². The van der Waals surface area contributed by atoms with Gasteiger partial charge in [0.15, 0.2) is 5.76 Å². The van der Waals surface area contributed by atoms with Crippen molar-refractivity contribution >= 4 is 44.2 Å². The number of carbonyl (C=O) groups excluding carboxylic acids is 3. The Kier molecular flexibility index (Phi) is 8.46. The average Bonchev–Trinajstić information content (AvgIpc) is 3.48. The lowest BCUT2D eigenvalue weighted by atomic mass is 9.97. The Bertz CT molecular complexity index is 1580. The van der Waals surface area contributed by atoms with Crippen molar-refractivity contribution in [2.24, 2.45) is 5.92 Å². The van der Waals surface area contributed by atoms with Gasteiger partial charge in [-0.05, 0) is 73.0 Å². The second-order valence-electron chi connectivity index (χ2n) is 8.87. The van der Waals surface area contributed by atoms with Gasteiger partial charge in [0, 0.05) is 18.8 Å². The van der Waals surface area contributed by atoms with Crippen molar-refractivity contribution in [3.05, 3.63) is 96.4 Å². The molecule has 3 amide bonds. The van der Waals surface area contributed by atoms with Crippen LogP contribution in [0.15, 0.2) is 94.4 Å². The van der Waals surface area contributed by atoms with Gasteiger partial charge in [-0.25, -0.2) is 13.1 Å². The minimum absolute atomic E-state index is 0.0270. The van der Waals surface area contributed by atoms with Crippen LogP contribution in [-0.2, 0) is 26.0 Å². The van der Waals surface area contributed by atoms with Crippen LogP contribution in [0.1, 0.15) is 30.0 Å². The summed E-state index contributed by atoms with van der Waals surface area (Å²) >= 11 is 0. The summed E-state index contributed by atoms with van der Waals surface area (Å²) in [6.45, 7) is 4.32. The number of sulfonamides is 1. The largest absolute Gasteiger partial charge is 0.459 e. The number of benzene rings is 3. The molecule has 39 heavy (non-hydrogen) atoms. The summed E-state index contributed by atoms with van der Waals surface area (Å²) in [5, 5.41) is 4.28. The molecule has 0 radical (unpaired) electrons. The first kappa shape index (κ1) is 27.6. The molecule has 2 N–H and O–H groups in total. The van der Waals surface area contributed by atoms with E-state index >= 15 is 0 Å². The van der Waals surface area contributed by atoms with Crippen LogP contribution in [0.4, 0.5) is 5.69 Å². The number of hydrogen-bond donors (Lipinski definition) is 2. The zero-order valence-electron chi connectivity index (χ0n) is 21.6. The van der Waals surface area contributed by atoms with E-state index in [2.05, 4.69) is 10.0 Å². The smallest absolute Gasteiger partial charge is 0.291 e. The summed E-state index contributed by atoms with van der Waals surface area (Å²) in [6, 6.07) is 21.6. The first-order valence-corrected chi connectivity index (χ1v) is 14.0. The molecule has 10 heteroatoms.